The van der Waals surface area contributed by atoms with Gasteiger partial charge in [-0.3, -0.25) is 14.4 Å². The van der Waals surface area contributed by atoms with Crippen molar-refractivity contribution < 1.29 is 4.79 Å². The van der Waals surface area contributed by atoms with E-state index in [0.717, 1.165) is 42.4 Å². The number of carbonyl (C=O) groups is 1. The summed E-state index contributed by atoms with van der Waals surface area (Å²) >= 11 is 0. The van der Waals surface area contributed by atoms with Gasteiger partial charge in [0, 0.05) is 74.1 Å². The van der Waals surface area contributed by atoms with Gasteiger partial charge in [-0.05, 0) is 49.4 Å². The monoisotopic (exact) mass is 614 g/mol. The van der Waals surface area contributed by atoms with E-state index >= 15 is 0 Å². The summed E-state index contributed by atoms with van der Waals surface area (Å²) in [5.41, 5.74) is 4.20. The van der Waals surface area contributed by atoms with Crippen molar-refractivity contribution >= 4 is 17.8 Å². The molecule has 0 atom stereocenters. The number of pyridine rings is 2. The topological polar surface area (TPSA) is 147 Å². The van der Waals surface area contributed by atoms with E-state index in [1.165, 1.54) is 16.8 Å². The highest BCUT2D eigenvalue weighted by molar-refractivity contribution is 5.91. The molecule has 1 saturated carbocycles. The maximum atomic E-state index is 13.7. The van der Waals surface area contributed by atoms with E-state index in [-0.39, 0.29) is 23.7 Å². The van der Waals surface area contributed by atoms with Crippen LogP contribution in [0.3, 0.4) is 0 Å². The second kappa shape index (κ2) is 13.4. The lowest BCUT2D eigenvalue weighted by atomic mass is 9.90. The van der Waals surface area contributed by atoms with Crippen LogP contribution in [-0.2, 0) is 20.6 Å². The second-order valence-corrected chi connectivity index (χ2v) is 11.4. The SMILES string of the molecule is Cn1cc(-c2ccc(N(C(=O)NCc3ccccc3)[C@H]3CC[C@H](Nc4ncc(C#N)c(-c5ccc(=O)n(C)c5)n4)CC3)nc2)cn1. The van der Waals surface area contributed by atoms with E-state index in [1.54, 1.807) is 41.3 Å². The molecule has 46 heavy (non-hydrogen) atoms. The van der Waals surface area contributed by atoms with Crippen LogP contribution in [0.4, 0.5) is 16.6 Å². The maximum absolute atomic E-state index is 13.7. The molecule has 0 spiro atoms. The Labute approximate surface area is 266 Å². The largest absolute Gasteiger partial charge is 0.351 e. The number of nitriles is 1. The van der Waals surface area contributed by atoms with Gasteiger partial charge in [0.2, 0.25) is 11.5 Å². The van der Waals surface area contributed by atoms with Crippen LogP contribution in [0.1, 0.15) is 36.8 Å². The Hall–Kier alpha value is -5.83. The summed E-state index contributed by atoms with van der Waals surface area (Å²) in [5.74, 6) is 1.00. The van der Waals surface area contributed by atoms with E-state index in [4.69, 9.17) is 4.98 Å². The van der Waals surface area contributed by atoms with Crippen molar-refractivity contribution in [3.05, 3.63) is 107 Å². The van der Waals surface area contributed by atoms with Gasteiger partial charge in [-0.25, -0.2) is 19.7 Å². The molecule has 1 fully saturated rings. The molecule has 5 aromatic rings. The van der Waals surface area contributed by atoms with Crippen LogP contribution in [0.25, 0.3) is 22.4 Å². The number of aryl methyl sites for hydroxylation is 2. The summed E-state index contributed by atoms with van der Waals surface area (Å²) in [5, 5.41) is 20.4. The van der Waals surface area contributed by atoms with Crippen LogP contribution in [0.5, 0.6) is 0 Å². The van der Waals surface area contributed by atoms with Crippen molar-refractivity contribution in [3.8, 4) is 28.5 Å². The zero-order chi connectivity index (χ0) is 32.0. The van der Waals surface area contributed by atoms with Crippen LogP contribution in [0, 0.1) is 11.3 Å². The van der Waals surface area contributed by atoms with E-state index < -0.39 is 0 Å². The number of nitrogens with zero attached hydrogens (tertiary/aromatic N) is 8. The fraction of sp³-hybridized carbons (Fsp3) is 0.265. The molecule has 0 saturated heterocycles. The third kappa shape index (κ3) is 6.78. The average molecular weight is 615 g/mol. The maximum Gasteiger partial charge on any atom is 0.323 e. The molecular weight excluding hydrogens is 580 g/mol. The van der Waals surface area contributed by atoms with Gasteiger partial charge in [-0.2, -0.15) is 10.4 Å². The molecule has 12 nitrogen and oxygen atoms in total. The lowest BCUT2D eigenvalue weighted by molar-refractivity contribution is 0.240. The summed E-state index contributed by atoms with van der Waals surface area (Å²) in [6.45, 7) is 0.411. The molecule has 1 aliphatic rings. The average Bonchev–Trinajstić information content (AvgIpc) is 3.53. The Kier molecular flexibility index (Phi) is 8.82. The first-order valence-electron chi connectivity index (χ1n) is 15.1. The molecule has 4 aromatic heterocycles. The molecule has 6 rings (SSSR count). The van der Waals surface area contributed by atoms with Crippen molar-refractivity contribution in [3.63, 3.8) is 0 Å². The highest BCUT2D eigenvalue weighted by Crippen LogP contribution is 2.30. The zero-order valence-electron chi connectivity index (χ0n) is 25.7. The minimum Gasteiger partial charge on any atom is -0.351 e. The van der Waals surface area contributed by atoms with Crippen LogP contribution >= 0.6 is 0 Å². The fourth-order valence-corrected chi connectivity index (χ4v) is 5.73. The number of anilines is 2. The van der Waals surface area contributed by atoms with Gasteiger partial charge in [0.15, 0.2) is 0 Å². The van der Waals surface area contributed by atoms with Gasteiger partial charge in [-0.1, -0.05) is 30.3 Å². The smallest absolute Gasteiger partial charge is 0.323 e. The van der Waals surface area contributed by atoms with E-state index in [1.807, 2.05) is 55.7 Å². The van der Waals surface area contributed by atoms with Gasteiger partial charge in [0.05, 0.1) is 23.7 Å². The van der Waals surface area contributed by atoms with E-state index in [2.05, 4.69) is 31.8 Å². The lowest BCUT2D eigenvalue weighted by Crippen LogP contribution is -2.49. The van der Waals surface area contributed by atoms with Gasteiger partial charge in [-0.15, -0.1) is 0 Å². The van der Waals surface area contributed by atoms with Crippen molar-refractivity contribution in [2.24, 2.45) is 14.1 Å². The molecule has 2 amide bonds. The molecule has 0 unspecified atom stereocenters. The number of amides is 2. The minimum absolute atomic E-state index is 0.0615. The molecule has 1 aliphatic carbocycles. The Morgan fingerprint density at radius 1 is 0.935 bits per heavy atom. The molecular formula is C34H34N10O2. The Morgan fingerprint density at radius 2 is 1.72 bits per heavy atom. The van der Waals surface area contributed by atoms with Crippen molar-refractivity contribution in [2.45, 2.75) is 44.3 Å². The summed E-state index contributed by atoms with van der Waals surface area (Å²) < 4.78 is 3.20. The third-order valence-corrected chi connectivity index (χ3v) is 8.20. The Morgan fingerprint density at radius 3 is 2.39 bits per heavy atom. The number of benzene rings is 1. The second-order valence-electron chi connectivity index (χ2n) is 11.4. The summed E-state index contributed by atoms with van der Waals surface area (Å²) in [6.07, 6.45) is 11.7. The molecule has 0 radical (unpaired) electrons. The van der Waals surface area contributed by atoms with E-state index in [9.17, 15) is 14.9 Å². The van der Waals surface area contributed by atoms with Gasteiger partial charge >= 0.3 is 6.03 Å². The molecule has 4 heterocycles. The molecule has 0 aliphatic heterocycles. The molecule has 12 heteroatoms. The number of urea groups is 1. The fourth-order valence-electron chi connectivity index (χ4n) is 5.73. The summed E-state index contributed by atoms with van der Waals surface area (Å²) in [6, 6.07) is 18.8. The predicted molar refractivity (Wildman–Crippen MR) is 175 cm³/mol. The molecule has 232 valence electrons. The van der Waals surface area contributed by atoms with Crippen LogP contribution in [-0.4, -0.2) is 47.4 Å². The van der Waals surface area contributed by atoms with Crippen molar-refractivity contribution in [2.75, 3.05) is 10.2 Å². The number of hydrogen-bond acceptors (Lipinski definition) is 8. The minimum atomic E-state index is -0.195. The van der Waals surface area contributed by atoms with Gasteiger partial charge in [0.1, 0.15) is 11.9 Å². The molecule has 1 aromatic carbocycles. The highest BCUT2D eigenvalue weighted by atomic mass is 16.2. The molecule has 0 bridgehead atoms. The van der Waals surface area contributed by atoms with Crippen LogP contribution in [0.15, 0.2) is 90.4 Å². The van der Waals surface area contributed by atoms with Crippen LogP contribution in [0.2, 0.25) is 0 Å². The summed E-state index contributed by atoms with van der Waals surface area (Å²) in [7, 11) is 3.53. The number of hydrogen-bond donors (Lipinski definition) is 2. The van der Waals surface area contributed by atoms with Crippen molar-refractivity contribution in [1.29, 1.82) is 5.26 Å². The van der Waals surface area contributed by atoms with Gasteiger partial charge < -0.3 is 15.2 Å². The first-order chi connectivity index (χ1) is 22.4. The van der Waals surface area contributed by atoms with Crippen molar-refractivity contribution in [1.82, 2.24) is 34.6 Å². The lowest BCUT2D eigenvalue weighted by Gasteiger charge is -2.36. The number of rotatable bonds is 8. The Bertz CT molecular complexity index is 1920. The summed E-state index contributed by atoms with van der Waals surface area (Å²) in [4.78, 5) is 41.1. The van der Waals surface area contributed by atoms with Gasteiger partial charge in [0.25, 0.3) is 0 Å². The standard InChI is InChI=1S/C34H34N10O2/c1-42-21-25(9-15-31(42)45)32-26(16-35)19-37-33(41-32)40-28-10-12-29(13-11-28)44(34(46)38-17-23-6-4-3-5-7-23)30-14-8-24(18-36-30)27-20-39-43(2)22-27/h3-9,14-15,18-22,28-29H,10-13,17H2,1-2H3,(H,38,46)(H,37,40,41)/t28-,29-. The van der Waals surface area contributed by atoms with Crippen LogP contribution < -0.4 is 21.1 Å². The zero-order valence-corrected chi connectivity index (χ0v) is 25.7. The predicted octanol–water partition coefficient (Wildman–Crippen LogP) is 4.65. The normalized spacial score (nSPS) is 15.9. The third-order valence-electron chi connectivity index (χ3n) is 8.20. The highest BCUT2D eigenvalue weighted by Gasteiger charge is 2.31. The quantitative estimate of drug-likeness (QED) is 0.257. The Balaban J connectivity index is 1.17. The molecule has 2 N–H and O–H groups in total. The van der Waals surface area contributed by atoms with E-state index in [0.29, 0.717) is 35.1 Å². The first kappa shape index (κ1) is 30.2. The number of carbonyl (C=O) groups excluding carboxylic acids is 1. The first-order valence-corrected chi connectivity index (χ1v) is 15.1. The number of nitrogens with one attached hydrogen (secondary N) is 2. The number of aromatic nitrogens is 6.